The largest absolute Gasteiger partial charge is 0.357 e. The Morgan fingerprint density at radius 3 is 2.92 bits per heavy atom. The topological polar surface area (TPSA) is 75.1 Å². The molecule has 0 aliphatic carbocycles. The molecule has 7 heteroatoms. The molecule has 2 N–H and O–H groups in total. The monoisotopic (exact) mass is 328 g/mol. The molecule has 2 aromatic rings. The van der Waals surface area contributed by atoms with Crippen molar-refractivity contribution < 1.29 is 4.79 Å². The van der Waals surface area contributed by atoms with E-state index in [1.54, 1.807) is 12.5 Å². The van der Waals surface area contributed by atoms with Crippen LogP contribution in [0.15, 0.2) is 37.1 Å². The molecular weight excluding hydrogens is 304 g/mol. The summed E-state index contributed by atoms with van der Waals surface area (Å²) in [6, 6.07) is 3.86. The zero-order valence-corrected chi connectivity index (χ0v) is 14.0. The highest BCUT2D eigenvalue weighted by atomic mass is 16.2. The number of imidazole rings is 1. The van der Waals surface area contributed by atoms with Crippen molar-refractivity contribution >= 4 is 11.8 Å². The quantitative estimate of drug-likeness (QED) is 0.847. The summed E-state index contributed by atoms with van der Waals surface area (Å²) in [5.41, 5.74) is 1.06. The maximum absolute atomic E-state index is 12.0. The van der Waals surface area contributed by atoms with Crippen LogP contribution < -0.4 is 15.5 Å². The molecule has 0 aromatic carbocycles. The first-order chi connectivity index (χ1) is 11.7. The molecule has 24 heavy (non-hydrogen) atoms. The molecule has 1 aliphatic rings. The van der Waals surface area contributed by atoms with Gasteiger partial charge in [-0.1, -0.05) is 0 Å². The molecule has 3 rings (SSSR count). The van der Waals surface area contributed by atoms with E-state index >= 15 is 0 Å². The highest BCUT2D eigenvalue weighted by molar-refractivity contribution is 5.74. The summed E-state index contributed by atoms with van der Waals surface area (Å²) >= 11 is 0. The van der Waals surface area contributed by atoms with E-state index in [9.17, 15) is 4.79 Å². The lowest BCUT2D eigenvalue weighted by Gasteiger charge is -2.17. The number of amides is 2. The molecule has 2 aromatic heterocycles. The van der Waals surface area contributed by atoms with Crippen LogP contribution in [-0.4, -0.2) is 39.7 Å². The van der Waals surface area contributed by atoms with Crippen LogP contribution in [0.1, 0.15) is 25.3 Å². The van der Waals surface area contributed by atoms with Crippen molar-refractivity contribution in [3.8, 4) is 0 Å². The van der Waals surface area contributed by atoms with Gasteiger partial charge in [0.05, 0.1) is 6.33 Å². The van der Waals surface area contributed by atoms with Crippen LogP contribution in [0, 0.1) is 0 Å². The molecule has 0 saturated carbocycles. The maximum atomic E-state index is 12.0. The number of urea groups is 1. The van der Waals surface area contributed by atoms with Gasteiger partial charge in [0.25, 0.3) is 0 Å². The first-order valence-corrected chi connectivity index (χ1v) is 8.41. The predicted molar refractivity (Wildman–Crippen MR) is 92.7 cm³/mol. The van der Waals surface area contributed by atoms with Crippen LogP contribution in [0.3, 0.4) is 0 Å². The molecule has 3 heterocycles. The number of aromatic nitrogens is 3. The normalized spacial score (nSPS) is 15.3. The van der Waals surface area contributed by atoms with Gasteiger partial charge in [0.15, 0.2) is 0 Å². The van der Waals surface area contributed by atoms with Gasteiger partial charge in [-0.2, -0.15) is 0 Å². The third-order valence-electron chi connectivity index (χ3n) is 4.11. The van der Waals surface area contributed by atoms with Crippen molar-refractivity contribution in [2.75, 3.05) is 18.0 Å². The highest BCUT2D eigenvalue weighted by Crippen LogP contribution is 2.18. The second-order valence-electron chi connectivity index (χ2n) is 6.20. The van der Waals surface area contributed by atoms with Gasteiger partial charge in [-0.3, -0.25) is 0 Å². The first kappa shape index (κ1) is 16.3. The minimum absolute atomic E-state index is 0.0248. The summed E-state index contributed by atoms with van der Waals surface area (Å²) in [6.07, 6.45) is 9.61. The first-order valence-electron chi connectivity index (χ1n) is 8.41. The van der Waals surface area contributed by atoms with Gasteiger partial charge in [-0.05, 0) is 37.5 Å². The van der Waals surface area contributed by atoms with E-state index < -0.39 is 0 Å². The standard InChI is InChI=1S/C17H24N6O/c1-14(12-22-9-6-18-13-22)21-17(24)20-11-15-4-5-19-16(10-15)23-7-2-3-8-23/h4-6,9-10,13-14H,2-3,7-8,11-12H2,1H3,(H2,20,21,24). The Kier molecular flexibility index (Phi) is 5.30. The maximum Gasteiger partial charge on any atom is 0.315 e. The van der Waals surface area contributed by atoms with Gasteiger partial charge >= 0.3 is 6.03 Å². The Morgan fingerprint density at radius 1 is 1.33 bits per heavy atom. The number of anilines is 1. The molecular formula is C17H24N6O. The van der Waals surface area contributed by atoms with E-state index in [1.165, 1.54) is 12.8 Å². The van der Waals surface area contributed by atoms with Crippen molar-refractivity contribution in [3.05, 3.63) is 42.6 Å². The molecule has 7 nitrogen and oxygen atoms in total. The van der Waals surface area contributed by atoms with Crippen LogP contribution in [0.5, 0.6) is 0 Å². The van der Waals surface area contributed by atoms with E-state index in [0.29, 0.717) is 13.1 Å². The van der Waals surface area contributed by atoms with Crippen molar-refractivity contribution in [1.29, 1.82) is 0 Å². The smallest absolute Gasteiger partial charge is 0.315 e. The Bertz CT molecular complexity index is 651. The lowest BCUT2D eigenvalue weighted by molar-refractivity contribution is 0.236. The molecule has 0 spiro atoms. The van der Waals surface area contributed by atoms with Gasteiger partial charge in [0.2, 0.25) is 0 Å². The van der Waals surface area contributed by atoms with E-state index in [2.05, 4.69) is 31.6 Å². The van der Waals surface area contributed by atoms with E-state index in [0.717, 1.165) is 24.5 Å². The minimum atomic E-state index is -0.165. The fourth-order valence-electron chi connectivity index (χ4n) is 2.90. The van der Waals surface area contributed by atoms with Crippen molar-refractivity contribution in [1.82, 2.24) is 25.2 Å². The SMILES string of the molecule is CC(Cn1ccnc1)NC(=O)NCc1ccnc(N2CCCC2)c1. The lowest BCUT2D eigenvalue weighted by Crippen LogP contribution is -2.42. The average Bonchev–Trinajstić information content (AvgIpc) is 3.26. The van der Waals surface area contributed by atoms with Gasteiger partial charge in [0.1, 0.15) is 5.82 Å². The van der Waals surface area contributed by atoms with Crippen LogP contribution in [0.25, 0.3) is 0 Å². The zero-order chi connectivity index (χ0) is 16.8. The Morgan fingerprint density at radius 2 is 2.17 bits per heavy atom. The number of hydrogen-bond acceptors (Lipinski definition) is 4. The summed E-state index contributed by atoms with van der Waals surface area (Å²) in [4.78, 5) is 22.7. The van der Waals surface area contributed by atoms with Crippen molar-refractivity contribution in [2.24, 2.45) is 0 Å². The Balaban J connectivity index is 1.46. The predicted octanol–water partition coefficient (Wildman–Crippen LogP) is 1.77. The molecule has 1 saturated heterocycles. The minimum Gasteiger partial charge on any atom is -0.357 e. The fraction of sp³-hybridized carbons (Fsp3) is 0.471. The van der Waals surface area contributed by atoms with Crippen LogP contribution in [0.2, 0.25) is 0 Å². The zero-order valence-electron chi connectivity index (χ0n) is 14.0. The van der Waals surface area contributed by atoms with Crippen LogP contribution in [-0.2, 0) is 13.1 Å². The number of hydrogen-bond donors (Lipinski definition) is 2. The van der Waals surface area contributed by atoms with E-state index in [4.69, 9.17) is 0 Å². The summed E-state index contributed by atoms with van der Waals surface area (Å²) in [7, 11) is 0. The third kappa shape index (κ3) is 4.47. The van der Waals surface area contributed by atoms with Gasteiger partial charge < -0.3 is 20.1 Å². The van der Waals surface area contributed by atoms with Gasteiger partial charge in [-0.15, -0.1) is 0 Å². The van der Waals surface area contributed by atoms with Gasteiger partial charge in [-0.25, -0.2) is 14.8 Å². The molecule has 1 fully saturated rings. The fourth-order valence-corrected chi connectivity index (χ4v) is 2.90. The summed E-state index contributed by atoms with van der Waals surface area (Å²) in [5, 5.41) is 5.84. The summed E-state index contributed by atoms with van der Waals surface area (Å²) in [5.74, 6) is 1.00. The number of nitrogens with zero attached hydrogens (tertiary/aromatic N) is 4. The number of pyridine rings is 1. The van der Waals surface area contributed by atoms with Crippen molar-refractivity contribution in [2.45, 2.75) is 38.9 Å². The Labute approximate surface area is 142 Å². The van der Waals surface area contributed by atoms with Crippen molar-refractivity contribution in [3.63, 3.8) is 0 Å². The molecule has 1 aliphatic heterocycles. The number of carbonyl (C=O) groups is 1. The molecule has 0 radical (unpaired) electrons. The van der Waals surface area contributed by atoms with Crippen LogP contribution in [0.4, 0.5) is 10.6 Å². The second-order valence-corrected chi connectivity index (χ2v) is 6.20. The van der Waals surface area contributed by atoms with E-state index in [-0.39, 0.29) is 12.1 Å². The average molecular weight is 328 g/mol. The summed E-state index contributed by atoms with van der Waals surface area (Å²) < 4.78 is 1.94. The summed E-state index contributed by atoms with van der Waals surface area (Å²) in [6.45, 7) is 5.29. The molecule has 0 bridgehead atoms. The van der Waals surface area contributed by atoms with Crippen LogP contribution >= 0.6 is 0 Å². The number of rotatable bonds is 6. The molecule has 128 valence electrons. The number of nitrogens with one attached hydrogen (secondary N) is 2. The van der Waals surface area contributed by atoms with E-state index in [1.807, 2.05) is 30.0 Å². The molecule has 2 amide bonds. The molecule has 1 unspecified atom stereocenters. The second kappa shape index (κ2) is 7.81. The molecule has 1 atom stereocenters. The third-order valence-corrected chi connectivity index (χ3v) is 4.11. The highest BCUT2D eigenvalue weighted by Gasteiger charge is 2.14. The van der Waals surface area contributed by atoms with Gasteiger partial charge in [0, 0.05) is 50.8 Å². The Hall–Kier alpha value is -2.57. The lowest BCUT2D eigenvalue weighted by atomic mass is 10.2. The number of carbonyl (C=O) groups excluding carboxylic acids is 1.